The van der Waals surface area contributed by atoms with Gasteiger partial charge in [0.1, 0.15) is 5.82 Å². The molecule has 2 N–H and O–H groups in total. The molecule has 0 bridgehead atoms. The Kier molecular flexibility index (Phi) is 5.12. The third kappa shape index (κ3) is 4.54. The molecular formula is C12H13ClFNO2. The van der Waals surface area contributed by atoms with Gasteiger partial charge in [0, 0.05) is 12.1 Å². The van der Waals surface area contributed by atoms with Crippen molar-refractivity contribution in [3.63, 3.8) is 0 Å². The van der Waals surface area contributed by atoms with Crippen molar-refractivity contribution in [3.8, 4) is 0 Å². The van der Waals surface area contributed by atoms with Crippen LogP contribution in [0.3, 0.4) is 0 Å². The van der Waals surface area contributed by atoms with Crippen LogP contribution in [0.1, 0.15) is 12.5 Å². The van der Waals surface area contributed by atoms with Crippen LogP contribution in [0.4, 0.5) is 4.39 Å². The minimum Gasteiger partial charge on any atom is -0.394 e. The maximum Gasteiger partial charge on any atom is 0.244 e. The molecule has 0 radical (unpaired) electrons. The lowest BCUT2D eigenvalue weighted by atomic mass is 10.2. The number of amides is 1. The fourth-order valence-corrected chi connectivity index (χ4v) is 1.31. The number of carbonyl (C=O) groups excluding carboxylic acids is 1. The van der Waals surface area contributed by atoms with E-state index in [4.69, 9.17) is 16.7 Å². The molecule has 0 aliphatic carbocycles. The highest BCUT2D eigenvalue weighted by molar-refractivity contribution is 6.30. The monoisotopic (exact) mass is 257 g/mol. The molecule has 0 aromatic heterocycles. The number of carbonyl (C=O) groups is 1. The lowest BCUT2D eigenvalue weighted by Crippen LogP contribution is -2.33. The van der Waals surface area contributed by atoms with Crippen molar-refractivity contribution in [1.82, 2.24) is 5.32 Å². The summed E-state index contributed by atoms with van der Waals surface area (Å²) in [5.74, 6) is -0.825. The zero-order chi connectivity index (χ0) is 12.8. The van der Waals surface area contributed by atoms with Gasteiger partial charge in [-0.1, -0.05) is 17.7 Å². The van der Waals surface area contributed by atoms with Crippen molar-refractivity contribution >= 4 is 23.6 Å². The van der Waals surface area contributed by atoms with Crippen LogP contribution in [-0.4, -0.2) is 23.7 Å². The van der Waals surface area contributed by atoms with Crippen molar-refractivity contribution in [1.29, 1.82) is 0 Å². The van der Waals surface area contributed by atoms with Gasteiger partial charge in [0.05, 0.1) is 11.6 Å². The van der Waals surface area contributed by atoms with Gasteiger partial charge in [-0.05, 0) is 30.7 Å². The Morgan fingerprint density at radius 1 is 1.65 bits per heavy atom. The minimum atomic E-state index is -0.498. The van der Waals surface area contributed by atoms with Crippen LogP contribution in [0.25, 0.3) is 6.08 Å². The molecule has 0 saturated carbocycles. The van der Waals surface area contributed by atoms with Gasteiger partial charge in [-0.25, -0.2) is 4.39 Å². The molecule has 5 heteroatoms. The van der Waals surface area contributed by atoms with Crippen molar-refractivity contribution < 1.29 is 14.3 Å². The van der Waals surface area contributed by atoms with Crippen molar-refractivity contribution in [2.75, 3.05) is 6.61 Å². The van der Waals surface area contributed by atoms with E-state index in [2.05, 4.69) is 5.32 Å². The Morgan fingerprint density at radius 2 is 2.35 bits per heavy atom. The first-order valence-electron chi connectivity index (χ1n) is 5.07. The summed E-state index contributed by atoms with van der Waals surface area (Å²) >= 11 is 5.59. The number of halogens is 2. The quantitative estimate of drug-likeness (QED) is 0.811. The zero-order valence-electron chi connectivity index (χ0n) is 9.28. The van der Waals surface area contributed by atoms with Crippen molar-refractivity contribution in [2.45, 2.75) is 13.0 Å². The SMILES string of the molecule is C[C@H](CO)NC(=O)C=Cc1ccc(F)c(Cl)c1. The van der Waals surface area contributed by atoms with Gasteiger partial charge in [0.15, 0.2) is 0 Å². The largest absolute Gasteiger partial charge is 0.394 e. The van der Waals surface area contributed by atoms with E-state index in [-0.39, 0.29) is 23.6 Å². The van der Waals surface area contributed by atoms with E-state index in [9.17, 15) is 9.18 Å². The topological polar surface area (TPSA) is 49.3 Å². The van der Waals surface area contributed by atoms with Gasteiger partial charge in [0.25, 0.3) is 0 Å². The van der Waals surface area contributed by atoms with Gasteiger partial charge in [-0.3, -0.25) is 4.79 Å². The maximum absolute atomic E-state index is 12.9. The lowest BCUT2D eigenvalue weighted by molar-refractivity contribution is -0.117. The molecule has 1 atom stereocenters. The van der Waals surface area contributed by atoms with Gasteiger partial charge in [-0.2, -0.15) is 0 Å². The summed E-state index contributed by atoms with van der Waals surface area (Å²) in [6.07, 6.45) is 2.82. The second kappa shape index (κ2) is 6.37. The van der Waals surface area contributed by atoms with Crippen LogP contribution >= 0.6 is 11.6 Å². The predicted octanol–water partition coefficient (Wildman–Crippen LogP) is 1.99. The summed E-state index contributed by atoms with van der Waals surface area (Å²) in [5.41, 5.74) is 0.628. The Bertz CT molecular complexity index is 435. The normalized spacial score (nSPS) is 12.7. The van der Waals surface area contributed by atoms with Crippen LogP contribution in [0, 0.1) is 5.82 Å². The van der Waals surface area contributed by atoms with E-state index in [1.165, 1.54) is 30.4 Å². The lowest BCUT2D eigenvalue weighted by Gasteiger charge is -2.07. The molecule has 92 valence electrons. The molecule has 3 nitrogen and oxygen atoms in total. The fraction of sp³-hybridized carbons (Fsp3) is 0.250. The molecule has 0 heterocycles. The number of hydrogen-bond donors (Lipinski definition) is 2. The maximum atomic E-state index is 12.9. The minimum absolute atomic E-state index is 0.0104. The highest BCUT2D eigenvalue weighted by Gasteiger charge is 2.02. The summed E-state index contributed by atoms with van der Waals surface area (Å²) in [5, 5.41) is 11.3. The molecule has 1 amide bonds. The smallest absolute Gasteiger partial charge is 0.244 e. The molecular weight excluding hydrogens is 245 g/mol. The Hall–Kier alpha value is -1.39. The molecule has 1 aromatic carbocycles. The number of benzene rings is 1. The van der Waals surface area contributed by atoms with Crippen LogP contribution in [0.5, 0.6) is 0 Å². The summed E-state index contributed by atoms with van der Waals surface area (Å²) in [4.78, 5) is 11.3. The molecule has 0 fully saturated rings. The number of nitrogens with one attached hydrogen (secondary N) is 1. The van der Waals surface area contributed by atoms with Gasteiger partial charge in [-0.15, -0.1) is 0 Å². The third-order valence-corrected chi connectivity index (χ3v) is 2.32. The number of hydrogen-bond acceptors (Lipinski definition) is 2. The third-order valence-electron chi connectivity index (χ3n) is 2.03. The summed E-state index contributed by atoms with van der Waals surface area (Å²) < 4.78 is 12.9. The highest BCUT2D eigenvalue weighted by Crippen LogP contribution is 2.16. The average Bonchev–Trinajstić information content (AvgIpc) is 2.30. The zero-order valence-corrected chi connectivity index (χ0v) is 10.0. The second-order valence-corrected chi connectivity index (χ2v) is 4.01. The number of aliphatic hydroxyl groups is 1. The van der Waals surface area contributed by atoms with Crippen molar-refractivity contribution in [3.05, 3.63) is 40.7 Å². The van der Waals surface area contributed by atoms with Crippen LogP contribution in [0.15, 0.2) is 24.3 Å². The molecule has 0 saturated heterocycles. The molecule has 0 spiro atoms. The van der Waals surface area contributed by atoms with E-state index >= 15 is 0 Å². The van der Waals surface area contributed by atoms with Crippen LogP contribution < -0.4 is 5.32 Å². The standard InChI is InChI=1S/C12H13ClFNO2/c1-8(7-16)15-12(17)5-3-9-2-4-11(14)10(13)6-9/h2-6,8,16H,7H2,1H3,(H,15,17)/t8-/m1/s1. The molecule has 1 rings (SSSR count). The van der Waals surface area contributed by atoms with Crippen LogP contribution in [0.2, 0.25) is 5.02 Å². The predicted molar refractivity (Wildman–Crippen MR) is 65.1 cm³/mol. The summed E-state index contributed by atoms with van der Waals surface area (Å²) in [7, 11) is 0. The van der Waals surface area contributed by atoms with Crippen LogP contribution in [-0.2, 0) is 4.79 Å². The van der Waals surface area contributed by atoms with Gasteiger partial charge < -0.3 is 10.4 Å². The Labute approximate surface area is 104 Å². The van der Waals surface area contributed by atoms with E-state index in [0.717, 1.165) is 0 Å². The summed E-state index contributed by atoms with van der Waals surface area (Å²) in [6, 6.07) is 3.87. The Morgan fingerprint density at radius 3 is 2.94 bits per heavy atom. The molecule has 0 aliphatic heterocycles. The second-order valence-electron chi connectivity index (χ2n) is 3.60. The highest BCUT2D eigenvalue weighted by atomic mass is 35.5. The van der Waals surface area contributed by atoms with E-state index in [0.29, 0.717) is 5.56 Å². The number of rotatable bonds is 4. The van der Waals surface area contributed by atoms with Gasteiger partial charge >= 0.3 is 0 Å². The first kappa shape index (κ1) is 13.7. The van der Waals surface area contributed by atoms with E-state index in [1.807, 2.05) is 0 Å². The van der Waals surface area contributed by atoms with Crippen molar-refractivity contribution in [2.24, 2.45) is 0 Å². The Balaban J connectivity index is 2.64. The summed E-state index contributed by atoms with van der Waals surface area (Å²) in [6.45, 7) is 1.56. The first-order chi connectivity index (χ1) is 8.02. The molecule has 0 unspecified atom stereocenters. The van der Waals surface area contributed by atoms with E-state index < -0.39 is 5.82 Å². The average molecular weight is 258 g/mol. The molecule has 0 aliphatic rings. The van der Waals surface area contributed by atoms with E-state index in [1.54, 1.807) is 6.92 Å². The number of aliphatic hydroxyl groups excluding tert-OH is 1. The molecule has 1 aromatic rings. The molecule has 17 heavy (non-hydrogen) atoms. The fourth-order valence-electron chi connectivity index (χ4n) is 1.12. The first-order valence-corrected chi connectivity index (χ1v) is 5.45. The van der Waals surface area contributed by atoms with Gasteiger partial charge in [0.2, 0.25) is 5.91 Å².